The van der Waals surface area contributed by atoms with Crippen LogP contribution in [0.2, 0.25) is 0 Å². The Morgan fingerprint density at radius 2 is 1.64 bits per heavy atom. The number of carboxylic acids is 1. The van der Waals surface area contributed by atoms with Gasteiger partial charge in [0.1, 0.15) is 11.6 Å². The largest absolute Gasteiger partial charge is 0.480 e. The molecule has 0 aliphatic rings. The monoisotopic (exact) mass is 426 g/mol. The quantitative estimate of drug-likeness (QED) is 0.430. The van der Waals surface area contributed by atoms with Crippen molar-refractivity contribution in [3.8, 4) is 0 Å². The zero-order valence-corrected chi connectivity index (χ0v) is 18.0. The van der Waals surface area contributed by atoms with Gasteiger partial charge in [-0.1, -0.05) is 0 Å². The van der Waals surface area contributed by atoms with Crippen LogP contribution in [0.3, 0.4) is 0 Å². The molecule has 164 valence electrons. The van der Waals surface area contributed by atoms with Crippen molar-refractivity contribution in [2.75, 3.05) is 13.2 Å². The Kier molecular flexibility index (Phi) is 9.34. The number of esters is 1. The lowest BCUT2D eigenvalue weighted by Crippen LogP contribution is -2.55. The van der Waals surface area contributed by atoms with Crippen molar-refractivity contribution in [3.05, 3.63) is 0 Å². The van der Waals surface area contributed by atoms with Gasteiger partial charge in [-0.2, -0.15) is 13.1 Å². The molecule has 2 unspecified atom stereocenters. The first-order chi connectivity index (χ1) is 12.5. The van der Waals surface area contributed by atoms with Gasteiger partial charge in [-0.25, -0.2) is 9.59 Å². The average molecular weight is 426 g/mol. The molecule has 0 spiro atoms. The number of hydrogen-bond acceptors (Lipinski definition) is 8. The predicted molar refractivity (Wildman–Crippen MR) is 98.7 cm³/mol. The lowest BCUT2D eigenvalue weighted by Gasteiger charge is -2.26. The second-order valence-corrected chi connectivity index (χ2v) is 9.07. The molecule has 0 radical (unpaired) electrons. The molecule has 0 aliphatic carbocycles. The van der Waals surface area contributed by atoms with Crippen LogP contribution in [-0.2, 0) is 33.6 Å². The highest BCUT2D eigenvalue weighted by atomic mass is 32.2. The van der Waals surface area contributed by atoms with Crippen LogP contribution in [-0.4, -0.2) is 62.5 Å². The molecular formula is C16H30N2O9S. The lowest BCUT2D eigenvalue weighted by molar-refractivity contribution is -0.154. The third kappa shape index (κ3) is 9.85. The summed E-state index contributed by atoms with van der Waals surface area (Å²) in [6, 6.07) is -2.90. The van der Waals surface area contributed by atoms with Crippen molar-refractivity contribution in [3.63, 3.8) is 0 Å². The lowest BCUT2D eigenvalue weighted by atomic mass is 9.95. The van der Waals surface area contributed by atoms with E-state index in [4.69, 9.17) is 13.7 Å². The number of alkyl carbamates (subject to hydrolysis) is 1. The molecule has 0 aromatic carbocycles. The van der Waals surface area contributed by atoms with Crippen LogP contribution >= 0.6 is 0 Å². The van der Waals surface area contributed by atoms with Crippen molar-refractivity contribution in [1.82, 2.24) is 10.0 Å². The SMILES string of the molecule is CCOC(=O)C(C)(C)COS(=O)(=O)NC(C)C(NC(=O)OC(C)(C)C)C(=O)O. The number of aliphatic carboxylic acids is 1. The molecule has 2 atom stereocenters. The van der Waals surface area contributed by atoms with Crippen molar-refractivity contribution in [1.29, 1.82) is 0 Å². The number of ether oxygens (including phenoxy) is 2. The summed E-state index contributed by atoms with van der Waals surface area (Å²) >= 11 is 0. The van der Waals surface area contributed by atoms with E-state index >= 15 is 0 Å². The third-order valence-electron chi connectivity index (χ3n) is 3.17. The minimum Gasteiger partial charge on any atom is -0.480 e. The van der Waals surface area contributed by atoms with E-state index in [9.17, 15) is 27.9 Å². The average Bonchev–Trinajstić information content (AvgIpc) is 2.48. The van der Waals surface area contributed by atoms with Crippen LogP contribution in [0.4, 0.5) is 4.79 Å². The van der Waals surface area contributed by atoms with Crippen LogP contribution in [0, 0.1) is 5.41 Å². The maximum Gasteiger partial charge on any atom is 0.408 e. The maximum absolute atomic E-state index is 12.1. The van der Waals surface area contributed by atoms with Gasteiger partial charge < -0.3 is 19.9 Å². The van der Waals surface area contributed by atoms with Crippen LogP contribution in [0.5, 0.6) is 0 Å². The van der Waals surface area contributed by atoms with E-state index in [1.807, 2.05) is 4.72 Å². The Bertz CT molecular complexity index is 668. The van der Waals surface area contributed by atoms with Crippen molar-refractivity contribution in [2.24, 2.45) is 5.41 Å². The summed E-state index contributed by atoms with van der Waals surface area (Å²) in [5.74, 6) is -2.12. The van der Waals surface area contributed by atoms with Gasteiger partial charge in [-0.15, -0.1) is 0 Å². The molecule has 12 heteroatoms. The molecule has 0 aromatic heterocycles. The van der Waals surface area contributed by atoms with Crippen molar-refractivity contribution >= 4 is 28.3 Å². The summed E-state index contributed by atoms with van der Waals surface area (Å²) in [4.78, 5) is 35.0. The van der Waals surface area contributed by atoms with Gasteiger partial charge in [-0.3, -0.25) is 8.98 Å². The summed E-state index contributed by atoms with van der Waals surface area (Å²) in [5, 5.41) is 11.4. The van der Waals surface area contributed by atoms with Gasteiger partial charge >= 0.3 is 28.3 Å². The molecule has 11 nitrogen and oxygen atoms in total. The van der Waals surface area contributed by atoms with E-state index in [0.29, 0.717) is 0 Å². The Hall–Kier alpha value is -1.92. The zero-order valence-electron chi connectivity index (χ0n) is 17.2. The second kappa shape index (κ2) is 10.0. The van der Waals surface area contributed by atoms with Crippen LogP contribution in [0.15, 0.2) is 0 Å². The van der Waals surface area contributed by atoms with Gasteiger partial charge in [0.05, 0.1) is 24.7 Å². The number of rotatable bonds is 10. The molecule has 0 aromatic rings. The molecule has 3 N–H and O–H groups in total. The second-order valence-electron chi connectivity index (χ2n) is 7.69. The van der Waals surface area contributed by atoms with Crippen molar-refractivity contribution < 1.29 is 41.6 Å². The van der Waals surface area contributed by atoms with E-state index in [0.717, 1.165) is 0 Å². The Morgan fingerprint density at radius 1 is 1.11 bits per heavy atom. The van der Waals surface area contributed by atoms with Crippen LogP contribution in [0.1, 0.15) is 48.5 Å². The van der Waals surface area contributed by atoms with E-state index in [1.54, 1.807) is 27.7 Å². The molecule has 0 saturated heterocycles. The smallest absolute Gasteiger partial charge is 0.408 e. The summed E-state index contributed by atoms with van der Waals surface area (Å²) < 4.78 is 40.7. The summed E-state index contributed by atoms with van der Waals surface area (Å²) in [5.41, 5.74) is -2.10. The van der Waals surface area contributed by atoms with Gasteiger partial charge in [0.25, 0.3) is 0 Å². The number of carbonyl (C=O) groups excluding carboxylic acids is 2. The first-order valence-corrected chi connectivity index (χ1v) is 9.98. The number of hydrogen-bond donors (Lipinski definition) is 3. The molecule has 0 heterocycles. The summed E-state index contributed by atoms with van der Waals surface area (Å²) in [7, 11) is -4.43. The maximum atomic E-state index is 12.1. The number of carboxylic acid groups (broad SMARTS) is 1. The van der Waals surface area contributed by atoms with E-state index in [2.05, 4.69) is 5.32 Å². The highest BCUT2D eigenvalue weighted by Crippen LogP contribution is 2.19. The highest BCUT2D eigenvalue weighted by Gasteiger charge is 2.35. The first-order valence-electron chi connectivity index (χ1n) is 8.57. The fourth-order valence-electron chi connectivity index (χ4n) is 1.78. The normalized spacial score (nSPS) is 14.7. The Morgan fingerprint density at radius 3 is 2.07 bits per heavy atom. The fourth-order valence-corrected chi connectivity index (χ4v) is 2.88. The van der Waals surface area contributed by atoms with E-state index < -0.39 is 58.0 Å². The molecule has 0 aliphatic heterocycles. The third-order valence-corrected chi connectivity index (χ3v) is 4.26. The van der Waals surface area contributed by atoms with E-state index in [-0.39, 0.29) is 6.61 Å². The summed E-state index contributed by atoms with van der Waals surface area (Å²) in [6.07, 6.45) is -1.02. The molecule has 28 heavy (non-hydrogen) atoms. The van der Waals surface area contributed by atoms with Crippen molar-refractivity contribution in [2.45, 2.75) is 66.2 Å². The topological polar surface area (TPSA) is 157 Å². The molecule has 1 amide bonds. The zero-order chi connectivity index (χ0) is 22.3. The first kappa shape index (κ1) is 26.1. The molecular weight excluding hydrogens is 396 g/mol. The molecule has 0 fully saturated rings. The minimum absolute atomic E-state index is 0.126. The molecule has 0 bridgehead atoms. The van der Waals surface area contributed by atoms with Gasteiger partial charge in [0.2, 0.25) is 0 Å². The minimum atomic E-state index is -4.43. The fraction of sp³-hybridized carbons (Fsp3) is 0.812. The number of carbonyl (C=O) groups is 3. The highest BCUT2D eigenvalue weighted by molar-refractivity contribution is 7.84. The Balaban J connectivity index is 5.01. The van der Waals surface area contributed by atoms with Crippen LogP contribution in [0.25, 0.3) is 0 Å². The van der Waals surface area contributed by atoms with Gasteiger partial charge in [0, 0.05) is 0 Å². The van der Waals surface area contributed by atoms with Crippen LogP contribution < -0.4 is 10.0 Å². The molecule has 0 saturated carbocycles. The summed E-state index contributed by atoms with van der Waals surface area (Å²) in [6.45, 7) is 10.1. The standard InChI is InChI=1S/C16H30N2O9S/c1-8-25-13(21)16(6,7)9-26-28(23,24)18-10(2)11(12(19)20)17-14(22)27-15(3,4)5/h10-11,18H,8-9H2,1-7H3,(H,17,22)(H,19,20). The van der Waals surface area contributed by atoms with Gasteiger partial charge in [0.15, 0.2) is 0 Å². The predicted octanol–water partition coefficient (Wildman–Crippen LogP) is 0.793. The molecule has 0 rings (SSSR count). The number of amides is 1. The van der Waals surface area contributed by atoms with Gasteiger partial charge in [-0.05, 0) is 48.5 Å². The number of nitrogens with one attached hydrogen (secondary N) is 2. The Labute approximate surface area is 165 Å². The van der Waals surface area contributed by atoms with E-state index in [1.165, 1.54) is 20.8 Å².